The monoisotopic (exact) mass is 128 g/mol. The molecule has 0 aliphatic rings. The van der Waals surface area contributed by atoms with Crippen molar-refractivity contribution in [2.24, 2.45) is 17.3 Å². The van der Waals surface area contributed by atoms with Crippen LogP contribution in [0.3, 0.4) is 0 Å². The molecule has 0 aliphatic carbocycles. The number of allylic oxidation sites excluding steroid dienone is 1. The summed E-state index contributed by atoms with van der Waals surface area (Å²) in [6.07, 6.45) is 1.44. The molecule has 0 saturated carbocycles. The van der Waals surface area contributed by atoms with Gasteiger partial charge in [0.1, 0.15) is 5.82 Å². The van der Waals surface area contributed by atoms with Gasteiger partial charge in [0.2, 0.25) is 0 Å². The van der Waals surface area contributed by atoms with E-state index >= 15 is 0 Å². The van der Waals surface area contributed by atoms with Gasteiger partial charge >= 0.3 is 0 Å². The van der Waals surface area contributed by atoms with Gasteiger partial charge in [-0.1, -0.05) is 6.58 Å². The maximum atomic E-state index is 5.35. The number of nitrogens with two attached hydrogens (primary N) is 3. The molecule has 0 aromatic heterocycles. The molecule has 0 unspecified atom stereocenters. The Labute approximate surface area is 54.6 Å². The number of nitrogens with zero attached hydrogens (tertiary/aromatic N) is 1. The number of rotatable bonds is 2. The minimum Gasteiger partial charge on any atom is -0.396 e. The summed E-state index contributed by atoms with van der Waals surface area (Å²) in [6, 6.07) is 0. The SMILES string of the molecule is C=C/C(N)=C(/N)N(C)N. The van der Waals surface area contributed by atoms with Gasteiger partial charge in [0, 0.05) is 7.05 Å². The average Bonchev–Trinajstić information content (AvgIpc) is 1.84. The smallest absolute Gasteiger partial charge is 0.136 e. The van der Waals surface area contributed by atoms with Gasteiger partial charge in [-0.2, -0.15) is 0 Å². The lowest BCUT2D eigenvalue weighted by atomic mass is 10.4. The van der Waals surface area contributed by atoms with E-state index in [-0.39, 0.29) is 0 Å². The van der Waals surface area contributed by atoms with Crippen molar-refractivity contribution < 1.29 is 0 Å². The quantitative estimate of drug-likeness (QED) is 0.255. The van der Waals surface area contributed by atoms with E-state index in [2.05, 4.69) is 6.58 Å². The van der Waals surface area contributed by atoms with E-state index in [1.165, 1.54) is 11.1 Å². The first kappa shape index (κ1) is 7.84. The van der Waals surface area contributed by atoms with E-state index < -0.39 is 0 Å². The van der Waals surface area contributed by atoms with Crippen LogP contribution >= 0.6 is 0 Å². The number of hydrogen-bond acceptors (Lipinski definition) is 4. The maximum Gasteiger partial charge on any atom is 0.136 e. The van der Waals surface area contributed by atoms with Gasteiger partial charge in [0.05, 0.1) is 5.70 Å². The van der Waals surface area contributed by atoms with Crippen molar-refractivity contribution in [1.82, 2.24) is 5.01 Å². The predicted molar refractivity (Wildman–Crippen MR) is 37.5 cm³/mol. The Morgan fingerprint density at radius 3 is 2.11 bits per heavy atom. The van der Waals surface area contributed by atoms with Crippen molar-refractivity contribution in [3.63, 3.8) is 0 Å². The van der Waals surface area contributed by atoms with Crippen molar-refractivity contribution in [1.29, 1.82) is 0 Å². The fraction of sp³-hybridized carbons (Fsp3) is 0.200. The molecule has 0 aromatic carbocycles. The molecule has 0 aliphatic heterocycles. The van der Waals surface area contributed by atoms with Gasteiger partial charge in [-0.25, -0.2) is 5.84 Å². The van der Waals surface area contributed by atoms with E-state index in [9.17, 15) is 0 Å². The van der Waals surface area contributed by atoms with Crippen LogP contribution in [0.4, 0.5) is 0 Å². The largest absolute Gasteiger partial charge is 0.396 e. The second-order valence-electron chi connectivity index (χ2n) is 1.66. The fourth-order valence-corrected chi connectivity index (χ4v) is 0.308. The normalized spacial score (nSPS) is 12.2. The highest BCUT2D eigenvalue weighted by Gasteiger charge is 1.94. The van der Waals surface area contributed by atoms with Crippen LogP contribution in [0.1, 0.15) is 0 Å². The zero-order valence-corrected chi connectivity index (χ0v) is 5.46. The Morgan fingerprint density at radius 1 is 1.56 bits per heavy atom. The van der Waals surface area contributed by atoms with Gasteiger partial charge in [-0.05, 0) is 6.08 Å². The van der Waals surface area contributed by atoms with Crippen molar-refractivity contribution >= 4 is 0 Å². The minimum absolute atomic E-state index is 0.324. The van der Waals surface area contributed by atoms with Crippen LogP contribution < -0.4 is 17.3 Å². The van der Waals surface area contributed by atoms with Crippen LogP contribution in [0.2, 0.25) is 0 Å². The molecule has 0 fully saturated rings. The van der Waals surface area contributed by atoms with Crippen molar-refractivity contribution in [2.75, 3.05) is 7.05 Å². The fourth-order valence-electron chi connectivity index (χ4n) is 0.308. The van der Waals surface area contributed by atoms with E-state index in [1.807, 2.05) is 0 Å². The van der Waals surface area contributed by atoms with E-state index in [1.54, 1.807) is 7.05 Å². The highest BCUT2D eigenvalue weighted by Crippen LogP contribution is 1.91. The van der Waals surface area contributed by atoms with E-state index in [0.717, 1.165) is 0 Å². The van der Waals surface area contributed by atoms with Crippen LogP contribution in [-0.2, 0) is 0 Å². The summed E-state index contributed by atoms with van der Waals surface area (Å²) in [5.74, 6) is 5.56. The molecule has 0 atom stereocenters. The Bertz CT molecular complexity index is 136. The first-order chi connectivity index (χ1) is 4.09. The molecule has 0 bridgehead atoms. The highest BCUT2D eigenvalue weighted by molar-refractivity contribution is 5.16. The average molecular weight is 128 g/mol. The van der Waals surface area contributed by atoms with E-state index in [4.69, 9.17) is 17.3 Å². The summed E-state index contributed by atoms with van der Waals surface area (Å²) in [7, 11) is 1.60. The second kappa shape index (κ2) is 2.99. The summed E-state index contributed by atoms with van der Waals surface area (Å²) >= 11 is 0. The van der Waals surface area contributed by atoms with Gasteiger partial charge in [0.15, 0.2) is 0 Å². The van der Waals surface area contributed by atoms with Gasteiger partial charge in [-0.15, -0.1) is 0 Å². The third-order valence-corrected chi connectivity index (χ3v) is 0.896. The molecule has 9 heavy (non-hydrogen) atoms. The predicted octanol–water partition coefficient (Wildman–Crippen LogP) is -0.936. The lowest BCUT2D eigenvalue weighted by molar-refractivity contribution is 0.431. The molecule has 0 heterocycles. The van der Waals surface area contributed by atoms with Crippen LogP contribution in [0.5, 0.6) is 0 Å². The van der Waals surface area contributed by atoms with Crippen LogP contribution in [0, 0.1) is 0 Å². The molecule has 0 saturated heterocycles. The molecule has 4 nitrogen and oxygen atoms in total. The van der Waals surface area contributed by atoms with Crippen LogP contribution in [-0.4, -0.2) is 12.1 Å². The molecule has 0 aromatic rings. The maximum absolute atomic E-state index is 5.35. The lowest BCUT2D eigenvalue weighted by Crippen LogP contribution is -2.32. The van der Waals surface area contributed by atoms with Gasteiger partial charge < -0.3 is 11.5 Å². The van der Waals surface area contributed by atoms with E-state index in [0.29, 0.717) is 11.5 Å². The van der Waals surface area contributed by atoms with Gasteiger partial charge in [-0.3, -0.25) is 5.01 Å². The Morgan fingerprint density at radius 2 is 2.00 bits per heavy atom. The molecule has 0 spiro atoms. The molecule has 0 amide bonds. The molecule has 4 heteroatoms. The zero-order valence-electron chi connectivity index (χ0n) is 5.46. The lowest BCUT2D eigenvalue weighted by Gasteiger charge is -2.12. The third kappa shape index (κ3) is 2.05. The minimum atomic E-state index is 0.324. The molecule has 0 rings (SSSR count). The molecule has 6 N–H and O–H groups in total. The number of hydrazine groups is 1. The summed E-state index contributed by atoms with van der Waals surface area (Å²) in [6.45, 7) is 3.42. The summed E-state index contributed by atoms with van der Waals surface area (Å²) in [5, 5.41) is 1.23. The van der Waals surface area contributed by atoms with Crippen LogP contribution in [0.15, 0.2) is 24.2 Å². The molecule has 52 valence electrons. The Kier molecular flexibility index (Phi) is 2.60. The van der Waals surface area contributed by atoms with Crippen molar-refractivity contribution in [3.8, 4) is 0 Å². The van der Waals surface area contributed by atoms with Gasteiger partial charge in [0.25, 0.3) is 0 Å². The summed E-state index contributed by atoms with van der Waals surface area (Å²) < 4.78 is 0. The Hall–Kier alpha value is -1.16. The zero-order chi connectivity index (χ0) is 7.44. The Balaban J connectivity index is 4.27. The molecular weight excluding hydrogens is 116 g/mol. The molecule has 0 radical (unpaired) electrons. The van der Waals surface area contributed by atoms with Crippen molar-refractivity contribution in [2.45, 2.75) is 0 Å². The summed E-state index contributed by atoms with van der Waals surface area (Å²) in [4.78, 5) is 0. The standard InChI is InChI=1S/C5H12N4/c1-3-4(6)5(7)9(2)8/h3H,1,6-8H2,2H3/b5-4+. The topological polar surface area (TPSA) is 81.3 Å². The first-order valence-electron chi connectivity index (χ1n) is 2.45. The highest BCUT2D eigenvalue weighted by atomic mass is 15.4. The number of hydrogen-bond donors (Lipinski definition) is 3. The third-order valence-electron chi connectivity index (χ3n) is 0.896. The first-order valence-corrected chi connectivity index (χ1v) is 2.45. The second-order valence-corrected chi connectivity index (χ2v) is 1.66. The van der Waals surface area contributed by atoms with Crippen molar-refractivity contribution in [3.05, 3.63) is 24.2 Å². The van der Waals surface area contributed by atoms with Crippen LogP contribution in [0.25, 0.3) is 0 Å². The summed E-state index contributed by atoms with van der Waals surface area (Å²) in [5.41, 5.74) is 11.1. The molecular formula is C5H12N4.